The molecule has 5 nitrogen and oxygen atoms in total. The second kappa shape index (κ2) is 11.8. The molecule has 1 saturated carbocycles. The van der Waals surface area contributed by atoms with Crippen molar-refractivity contribution in [3.63, 3.8) is 0 Å². The van der Waals surface area contributed by atoms with Crippen LogP contribution in [0.4, 0.5) is 0 Å². The highest BCUT2D eigenvalue weighted by molar-refractivity contribution is 5.92. The van der Waals surface area contributed by atoms with Crippen LogP contribution in [0.2, 0.25) is 0 Å². The molecule has 1 fully saturated rings. The van der Waals surface area contributed by atoms with Crippen molar-refractivity contribution in [2.75, 3.05) is 6.54 Å². The molecule has 0 unspecified atom stereocenters. The molecule has 0 aliphatic heterocycles. The molecular weight excluding hydrogens is 376 g/mol. The van der Waals surface area contributed by atoms with Gasteiger partial charge in [0.2, 0.25) is 11.8 Å². The van der Waals surface area contributed by atoms with Crippen molar-refractivity contribution in [1.29, 1.82) is 0 Å². The normalized spacial score (nSPS) is 14.4. The predicted molar refractivity (Wildman–Crippen MR) is 119 cm³/mol. The Morgan fingerprint density at radius 2 is 1.70 bits per heavy atom. The lowest BCUT2D eigenvalue weighted by Crippen LogP contribution is -2.38. The quantitative estimate of drug-likeness (QED) is 0.612. The van der Waals surface area contributed by atoms with Crippen LogP contribution in [0.1, 0.15) is 49.7 Å². The number of nitrogens with one attached hydrogen (secondary N) is 2. The van der Waals surface area contributed by atoms with E-state index in [1.807, 2.05) is 54.6 Å². The van der Waals surface area contributed by atoms with Crippen molar-refractivity contribution in [2.45, 2.75) is 51.2 Å². The van der Waals surface area contributed by atoms with Gasteiger partial charge in [-0.3, -0.25) is 9.59 Å². The number of rotatable bonds is 9. The lowest BCUT2D eigenvalue weighted by Gasteiger charge is -2.22. The van der Waals surface area contributed by atoms with E-state index in [1.165, 1.54) is 25.3 Å². The van der Waals surface area contributed by atoms with Gasteiger partial charge in [-0.2, -0.15) is 0 Å². The molecule has 0 spiro atoms. The Morgan fingerprint density at radius 1 is 0.967 bits per heavy atom. The number of ether oxygens (including phenoxy) is 1. The van der Waals surface area contributed by atoms with Gasteiger partial charge in [-0.25, -0.2) is 0 Å². The second-order valence-electron chi connectivity index (χ2n) is 7.62. The van der Waals surface area contributed by atoms with Crippen LogP contribution >= 0.6 is 0 Å². The molecule has 3 rings (SSSR count). The Bertz CT molecular complexity index is 825. The Morgan fingerprint density at radius 3 is 2.43 bits per heavy atom. The summed E-state index contributed by atoms with van der Waals surface area (Å²) in [5, 5.41) is 5.82. The van der Waals surface area contributed by atoms with Crippen molar-refractivity contribution in [1.82, 2.24) is 10.6 Å². The van der Waals surface area contributed by atoms with Crippen molar-refractivity contribution in [3.05, 3.63) is 71.8 Å². The maximum Gasteiger partial charge on any atom is 0.244 e. The van der Waals surface area contributed by atoms with Crippen molar-refractivity contribution < 1.29 is 14.3 Å². The molecule has 0 atom stereocenters. The summed E-state index contributed by atoms with van der Waals surface area (Å²) in [6, 6.07) is 17.9. The van der Waals surface area contributed by atoms with Gasteiger partial charge < -0.3 is 15.4 Å². The summed E-state index contributed by atoms with van der Waals surface area (Å²) in [5.41, 5.74) is 2.03. The Labute approximate surface area is 178 Å². The molecule has 1 aliphatic rings. The largest absolute Gasteiger partial charge is 0.489 e. The lowest BCUT2D eigenvalue weighted by atomic mass is 9.95. The van der Waals surface area contributed by atoms with E-state index in [0.29, 0.717) is 25.6 Å². The molecule has 0 saturated heterocycles. The van der Waals surface area contributed by atoms with Gasteiger partial charge in [0.05, 0.1) is 0 Å². The van der Waals surface area contributed by atoms with Gasteiger partial charge in [-0.15, -0.1) is 0 Å². The Kier molecular flexibility index (Phi) is 8.51. The number of hydrogen-bond donors (Lipinski definition) is 2. The van der Waals surface area contributed by atoms with Gasteiger partial charge in [-0.1, -0.05) is 61.7 Å². The smallest absolute Gasteiger partial charge is 0.244 e. The van der Waals surface area contributed by atoms with Crippen LogP contribution in [0, 0.1) is 0 Å². The van der Waals surface area contributed by atoms with E-state index in [4.69, 9.17) is 4.74 Å². The molecule has 2 aromatic rings. The van der Waals surface area contributed by atoms with Gasteiger partial charge in [0.15, 0.2) is 0 Å². The highest BCUT2D eigenvalue weighted by Gasteiger charge is 2.15. The number of hydrogen-bond acceptors (Lipinski definition) is 3. The highest BCUT2D eigenvalue weighted by Crippen LogP contribution is 2.17. The summed E-state index contributed by atoms with van der Waals surface area (Å²) in [5.74, 6) is 0.589. The average Bonchev–Trinajstić information content (AvgIpc) is 2.78. The van der Waals surface area contributed by atoms with Crippen molar-refractivity contribution >= 4 is 17.9 Å². The van der Waals surface area contributed by atoms with Gasteiger partial charge >= 0.3 is 0 Å². The Balaban J connectivity index is 1.34. The van der Waals surface area contributed by atoms with Crippen molar-refractivity contribution in [3.8, 4) is 5.75 Å². The van der Waals surface area contributed by atoms with E-state index in [2.05, 4.69) is 10.6 Å². The monoisotopic (exact) mass is 406 g/mol. The number of amides is 2. The van der Waals surface area contributed by atoms with E-state index in [1.54, 1.807) is 6.08 Å². The first-order valence-electron chi connectivity index (χ1n) is 10.7. The summed E-state index contributed by atoms with van der Waals surface area (Å²) in [6.45, 7) is 0.862. The predicted octanol–water partition coefficient (Wildman–Crippen LogP) is 4.23. The Hall–Kier alpha value is -3.08. The summed E-state index contributed by atoms with van der Waals surface area (Å²) < 4.78 is 5.76. The maximum absolute atomic E-state index is 12.0. The second-order valence-corrected chi connectivity index (χ2v) is 7.62. The first-order valence-corrected chi connectivity index (χ1v) is 10.7. The van der Waals surface area contributed by atoms with Crippen LogP contribution in [0.25, 0.3) is 6.08 Å². The summed E-state index contributed by atoms with van der Waals surface area (Å²) in [6.07, 6.45) is 9.31. The average molecular weight is 407 g/mol. The number of carbonyl (C=O) groups is 2. The fraction of sp³-hybridized carbons (Fsp3) is 0.360. The van der Waals surface area contributed by atoms with E-state index < -0.39 is 0 Å². The van der Waals surface area contributed by atoms with Crippen molar-refractivity contribution in [2.24, 2.45) is 0 Å². The fourth-order valence-electron chi connectivity index (χ4n) is 3.49. The van der Waals surface area contributed by atoms with Crippen LogP contribution in [-0.2, 0) is 16.2 Å². The first kappa shape index (κ1) is 21.6. The molecule has 30 heavy (non-hydrogen) atoms. The maximum atomic E-state index is 12.0. The molecular formula is C25H30N2O3. The molecule has 2 aromatic carbocycles. The number of benzene rings is 2. The minimum Gasteiger partial charge on any atom is -0.489 e. The van der Waals surface area contributed by atoms with E-state index in [-0.39, 0.29) is 11.8 Å². The van der Waals surface area contributed by atoms with Crippen LogP contribution in [0.5, 0.6) is 5.75 Å². The van der Waals surface area contributed by atoms with Crippen LogP contribution in [0.15, 0.2) is 60.7 Å². The minimum absolute atomic E-state index is 0.0114. The van der Waals surface area contributed by atoms with Gasteiger partial charge in [0, 0.05) is 25.1 Å². The van der Waals surface area contributed by atoms with E-state index in [9.17, 15) is 9.59 Å². The third kappa shape index (κ3) is 7.74. The molecule has 5 heteroatoms. The molecule has 0 bridgehead atoms. The van der Waals surface area contributed by atoms with E-state index >= 15 is 0 Å². The molecule has 0 aromatic heterocycles. The van der Waals surface area contributed by atoms with Crippen LogP contribution < -0.4 is 15.4 Å². The number of carbonyl (C=O) groups excluding carboxylic acids is 2. The highest BCUT2D eigenvalue weighted by atomic mass is 16.5. The van der Waals surface area contributed by atoms with Crippen LogP contribution in [0.3, 0.4) is 0 Å². The summed E-state index contributed by atoms with van der Waals surface area (Å²) in [7, 11) is 0. The third-order valence-corrected chi connectivity index (χ3v) is 5.18. The SMILES string of the molecule is O=C(/C=C/c1ccc(OCc2ccccc2)cc1)NCCC(=O)NC1CCCCC1. The van der Waals surface area contributed by atoms with Gasteiger partial charge in [-0.05, 0) is 42.2 Å². The third-order valence-electron chi connectivity index (χ3n) is 5.18. The zero-order valence-corrected chi connectivity index (χ0v) is 17.3. The molecule has 0 heterocycles. The van der Waals surface area contributed by atoms with Crippen LogP contribution in [-0.4, -0.2) is 24.4 Å². The topological polar surface area (TPSA) is 67.4 Å². The first-order chi connectivity index (χ1) is 14.7. The zero-order chi connectivity index (χ0) is 21.0. The molecule has 2 N–H and O–H groups in total. The summed E-state index contributed by atoms with van der Waals surface area (Å²) in [4.78, 5) is 23.9. The molecule has 0 radical (unpaired) electrons. The lowest BCUT2D eigenvalue weighted by molar-refractivity contribution is -0.122. The molecule has 1 aliphatic carbocycles. The zero-order valence-electron chi connectivity index (χ0n) is 17.3. The molecule has 2 amide bonds. The standard InChI is InChI=1S/C25H30N2O3/c28-24(26-18-17-25(29)27-22-9-5-2-6-10-22)16-13-20-11-14-23(15-12-20)30-19-21-7-3-1-4-8-21/h1,3-4,7-8,11-16,22H,2,5-6,9-10,17-19H2,(H,26,28)(H,27,29)/b16-13+. The van der Waals surface area contributed by atoms with Gasteiger partial charge in [0.1, 0.15) is 12.4 Å². The minimum atomic E-state index is -0.204. The van der Waals surface area contributed by atoms with Gasteiger partial charge in [0.25, 0.3) is 0 Å². The molecule has 158 valence electrons. The van der Waals surface area contributed by atoms with E-state index in [0.717, 1.165) is 29.7 Å². The summed E-state index contributed by atoms with van der Waals surface area (Å²) >= 11 is 0. The fourth-order valence-corrected chi connectivity index (χ4v) is 3.49.